The van der Waals surface area contributed by atoms with Crippen LogP contribution in [0, 0.1) is 0 Å². The molecule has 0 aliphatic rings. The molecule has 2 heteroatoms. The molecule has 50 valence electrons. The highest BCUT2D eigenvalue weighted by Gasteiger charge is 2.05. The van der Waals surface area contributed by atoms with Gasteiger partial charge in [0, 0.05) is 10.8 Å². The average molecular weight is 142 g/mol. The Labute approximate surface area is 60.5 Å². The quantitative estimate of drug-likeness (QED) is 0.595. The summed E-state index contributed by atoms with van der Waals surface area (Å²) in [5, 5.41) is 0. The fraction of sp³-hybridized carbons (Fsp3) is 0.429. The molecule has 0 spiro atoms. The van der Waals surface area contributed by atoms with Gasteiger partial charge in [0.2, 0.25) is 0 Å². The maximum Gasteiger partial charge on any atom is 0.119 e. The van der Waals surface area contributed by atoms with Crippen LogP contribution in [-0.2, 0) is 0 Å². The minimum absolute atomic E-state index is 0.437. The van der Waals surface area contributed by atoms with Crippen LogP contribution in [0.5, 0.6) is 0 Å². The third-order valence-corrected chi connectivity index (χ3v) is 1.57. The summed E-state index contributed by atoms with van der Waals surface area (Å²) in [6.07, 6.45) is 1.66. The van der Waals surface area contributed by atoms with Gasteiger partial charge in [-0.15, -0.1) is 12.6 Å². The molecular formula is C7H10OS. The summed E-state index contributed by atoms with van der Waals surface area (Å²) in [5.41, 5.74) is 0. The molecule has 1 rings (SSSR count). The Kier molecular flexibility index (Phi) is 1.86. The van der Waals surface area contributed by atoms with Crippen LogP contribution >= 0.6 is 12.6 Å². The van der Waals surface area contributed by atoms with Crippen LogP contribution in [-0.4, -0.2) is 0 Å². The van der Waals surface area contributed by atoms with E-state index >= 15 is 0 Å². The van der Waals surface area contributed by atoms with Crippen LogP contribution in [0.1, 0.15) is 25.5 Å². The second-order valence-electron chi connectivity index (χ2n) is 2.32. The first-order valence-corrected chi connectivity index (χ1v) is 3.43. The molecular weight excluding hydrogens is 132 g/mol. The van der Waals surface area contributed by atoms with Crippen molar-refractivity contribution in [3.05, 3.63) is 18.1 Å². The van der Waals surface area contributed by atoms with Crippen molar-refractivity contribution < 1.29 is 4.42 Å². The molecule has 0 saturated carbocycles. The van der Waals surface area contributed by atoms with Gasteiger partial charge in [-0.2, -0.15) is 0 Å². The van der Waals surface area contributed by atoms with E-state index in [1.807, 2.05) is 6.07 Å². The van der Waals surface area contributed by atoms with Crippen molar-refractivity contribution in [2.75, 3.05) is 0 Å². The van der Waals surface area contributed by atoms with Crippen LogP contribution in [0.25, 0.3) is 0 Å². The van der Waals surface area contributed by atoms with E-state index < -0.39 is 0 Å². The molecule has 0 amide bonds. The summed E-state index contributed by atoms with van der Waals surface area (Å²) >= 11 is 4.19. The minimum atomic E-state index is 0.437. The first-order valence-electron chi connectivity index (χ1n) is 2.98. The van der Waals surface area contributed by atoms with E-state index in [1.54, 1.807) is 6.26 Å². The van der Waals surface area contributed by atoms with Crippen LogP contribution in [0.3, 0.4) is 0 Å². The van der Waals surface area contributed by atoms with Gasteiger partial charge in [0.15, 0.2) is 0 Å². The van der Waals surface area contributed by atoms with E-state index in [0.29, 0.717) is 5.92 Å². The van der Waals surface area contributed by atoms with Gasteiger partial charge in [-0.05, 0) is 6.07 Å². The van der Waals surface area contributed by atoms with Gasteiger partial charge in [-0.1, -0.05) is 13.8 Å². The molecule has 0 saturated heterocycles. The van der Waals surface area contributed by atoms with E-state index in [4.69, 9.17) is 4.42 Å². The van der Waals surface area contributed by atoms with Crippen molar-refractivity contribution in [1.29, 1.82) is 0 Å². The van der Waals surface area contributed by atoms with Crippen molar-refractivity contribution in [2.45, 2.75) is 24.7 Å². The number of thiol groups is 1. The SMILES string of the molecule is CC(C)c1occc1S. The lowest BCUT2D eigenvalue weighted by atomic mass is 10.2. The Bertz CT molecular complexity index is 191. The fourth-order valence-corrected chi connectivity index (χ4v) is 1.12. The van der Waals surface area contributed by atoms with E-state index in [0.717, 1.165) is 10.7 Å². The standard InChI is InChI=1S/C7H10OS/c1-5(2)7-6(9)3-4-8-7/h3-5,9H,1-2H3. The molecule has 1 nitrogen and oxygen atoms in total. The summed E-state index contributed by atoms with van der Waals surface area (Å²) in [5.74, 6) is 1.41. The number of furan rings is 1. The van der Waals surface area contributed by atoms with Gasteiger partial charge in [-0.3, -0.25) is 0 Å². The van der Waals surface area contributed by atoms with Gasteiger partial charge < -0.3 is 4.42 Å². The highest BCUT2D eigenvalue weighted by Crippen LogP contribution is 2.22. The third-order valence-electron chi connectivity index (χ3n) is 1.20. The molecule has 0 fully saturated rings. The van der Waals surface area contributed by atoms with E-state index in [2.05, 4.69) is 26.5 Å². The normalized spacial score (nSPS) is 10.7. The molecule has 0 atom stereocenters. The number of rotatable bonds is 1. The molecule has 0 unspecified atom stereocenters. The van der Waals surface area contributed by atoms with Gasteiger partial charge in [0.1, 0.15) is 5.76 Å². The zero-order valence-electron chi connectivity index (χ0n) is 5.59. The maximum atomic E-state index is 5.15. The molecule has 0 aliphatic heterocycles. The number of hydrogen-bond donors (Lipinski definition) is 1. The van der Waals surface area contributed by atoms with Gasteiger partial charge in [0.05, 0.1) is 6.26 Å². The van der Waals surface area contributed by atoms with Gasteiger partial charge in [-0.25, -0.2) is 0 Å². The lowest BCUT2D eigenvalue weighted by molar-refractivity contribution is 0.478. The summed E-state index contributed by atoms with van der Waals surface area (Å²) < 4.78 is 5.15. The van der Waals surface area contributed by atoms with Crippen LogP contribution < -0.4 is 0 Å². The minimum Gasteiger partial charge on any atom is -0.468 e. The largest absolute Gasteiger partial charge is 0.468 e. The Balaban J connectivity index is 2.94. The molecule has 9 heavy (non-hydrogen) atoms. The van der Waals surface area contributed by atoms with Crippen molar-refractivity contribution in [3.8, 4) is 0 Å². The highest BCUT2D eigenvalue weighted by molar-refractivity contribution is 7.80. The van der Waals surface area contributed by atoms with Crippen molar-refractivity contribution in [3.63, 3.8) is 0 Å². The third kappa shape index (κ3) is 1.30. The van der Waals surface area contributed by atoms with E-state index in [9.17, 15) is 0 Å². The van der Waals surface area contributed by atoms with Crippen molar-refractivity contribution in [1.82, 2.24) is 0 Å². The first-order chi connectivity index (χ1) is 4.22. The molecule has 0 N–H and O–H groups in total. The summed E-state index contributed by atoms with van der Waals surface area (Å²) in [4.78, 5) is 0.949. The van der Waals surface area contributed by atoms with Gasteiger partial charge in [0.25, 0.3) is 0 Å². The van der Waals surface area contributed by atoms with E-state index in [1.165, 1.54) is 0 Å². The topological polar surface area (TPSA) is 13.1 Å². The maximum absolute atomic E-state index is 5.15. The molecule has 0 bridgehead atoms. The Hall–Kier alpha value is -0.370. The predicted octanol–water partition coefficient (Wildman–Crippen LogP) is 2.69. The molecule has 0 aliphatic carbocycles. The van der Waals surface area contributed by atoms with Crippen molar-refractivity contribution >= 4 is 12.6 Å². The molecule has 0 radical (unpaired) electrons. The Morgan fingerprint density at radius 2 is 2.22 bits per heavy atom. The zero-order chi connectivity index (χ0) is 6.85. The first kappa shape index (κ1) is 6.75. The van der Waals surface area contributed by atoms with Crippen LogP contribution in [0.2, 0.25) is 0 Å². The second kappa shape index (κ2) is 2.48. The van der Waals surface area contributed by atoms with Crippen molar-refractivity contribution in [2.24, 2.45) is 0 Å². The molecule has 1 aromatic heterocycles. The summed E-state index contributed by atoms with van der Waals surface area (Å²) in [6, 6.07) is 1.86. The van der Waals surface area contributed by atoms with E-state index in [-0.39, 0.29) is 0 Å². The lowest BCUT2D eigenvalue weighted by Crippen LogP contribution is -1.82. The smallest absolute Gasteiger partial charge is 0.119 e. The van der Waals surface area contributed by atoms with Crippen LogP contribution in [0.4, 0.5) is 0 Å². The number of hydrogen-bond acceptors (Lipinski definition) is 2. The van der Waals surface area contributed by atoms with Gasteiger partial charge >= 0.3 is 0 Å². The molecule has 0 aromatic carbocycles. The lowest BCUT2D eigenvalue weighted by Gasteiger charge is -1.98. The fourth-order valence-electron chi connectivity index (χ4n) is 0.746. The monoisotopic (exact) mass is 142 g/mol. The average Bonchev–Trinajstić information content (AvgIpc) is 2.13. The molecule has 1 aromatic rings. The summed E-state index contributed by atoms with van der Waals surface area (Å²) in [7, 11) is 0. The second-order valence-corrected chi connectivity index (χ2v) is 2.81. The Morgan fingerprint density at radius 3 is 2.44 bits per heavy atom. The Morgan fingerprint density at radius 1 is 1.56 bits per heavy atom. The summed E-state index contributed by atoms with van der Waals surface area (Å²) in [6.45, 7) is 4.16. The highest BCUT2D eigenvalue weighted by atomic mass is 32.1. The molecule has 1 heterocycles. The van der Waals surface area contributed by atoms with Crippen LogP contribution in [0.15, 0.2) is 21.6 Å². The zero-order valence-corrected chi connectivity index (χ0v) is 6.48. The predicted molar refractivity (Wildman–Crippen MR) is 40.0 cm³/mol.